The van der Waals surface area contributed by atoms with Crippen molar-refractivity contribution < 1.29 is 9.53 Å². The minimum absolute atomic E-state index is 0.206. The second-order valence-electron chi connectivity index (χ2n) is 4.60. The second kappa shape index (κ2) is 5.82. The molecular formula is C14H19NO2. The molecule has 1 fully saturated rings. The highest BCUT2D eigenvalue weighted by Gasteiger charge is 2.24. The lowest BCUT2D eigenvalue weighted by Gasteiger charge is -2.24. The zero-order chi connectivity index (χ0) is 12.1. The largest absolute Gasteiger partial charge is 0.380 e. The Balaban J connectivity index is 1.80. The van der Waals surface area contributed by atoms with Gasteiger partial charge in [0.2, 0.25) is 5.91 Å². The first-order chi connectivity index (χ1) is 8.29. The molecule has 1 aromatic rings. The molecule has 0 spiro atoms. The molecule has 0 saturated heterocycles. The van der Waals surface area contributed by atoms with Gasteiger partial charge in [-0.2, -0.15) is 0 Å². The highest BCUT2D eigenvalue weighted by molar-refractivity contribution is 5.79. The van der Waals surface area contributed by atoms with Gasteiger partial charge in [-0.15, -0.1) is 0 Å². The number of nitrogens with one attached hydrogen (secondary N) is 1. The molecule has 1 aliphatic carbocycles. The molecule has 0 unspecified atom stereocenters. The highest BCUT2D eigenvalue weighted by atomic mass is 16.5. The molecule has 3 nitrogen and oxygen atoms in total. The number of carbonyl (C=O) groups is 1. The third-order valence-electron chi connectivity index (χ3n) is 3.28. The number of benzene rings is 1. The summed E-state index contributed by atoms with van der Waals surface area (Å²) in [6.07, 6.45) is 3.31. The van der Waals surface area contributed by atoms with Crippen LogP contribution in [-0.4, -0.2) is 13.0 Å². The Morgan fingerprint density at radius 2 is 1.94 bits per heavy atom. The second-order valence-corrected chi connectivity index (χ2v) is 4.60. The zero-order valence-corrected chi connectivity index (χ0v) is 10.2. The van der Waals surface area contributed by atoms with E-state index in [9.17, 15) is 4.79 Å². The number of rotatable bonds is 5. The van der Waals surface area contributed by atoms with Crippen molar-refractivity contribution in [3.8, 4) is 0 Å². The van der Waals surface area contributed by atoms with Crippen LogP contribution in [0.3, 0.4) is 0 Å². The van der Waals surface area contributed by atoms with E-state index in [1.165, 1.54) is 6.42 Å². The number of amides is 1. The summed E-state index contributed by atoms with van der Waals surface area (Å²) >= 11 is 0. The minimum Gasteiger partial charge on any atom is -0.380 e. The van der Waals surface area contributed by atoms with Crippen molar-refractivity contribution in [2.75, 3.05) is 7.11 Å². The summed E-state index contributed by atoms with van der Waals surface area (Å²) in [5.41, 5.74) is 2.29. The summed E-state index contributed by atoms with van der Waals surface area (Å²) in [4.78, 5) is 11.6. The standard InChI is InChI=1S/C14H19NO2/c1-17-10-12-7-5-11(6-8-12)9-15-14(16)13-3-2-4-13/h5-8,13H,2-4,9-10H2,1H3,(H,15,16). The van der Waals surface area contributed by atoms with Crippen molar-refractivity contribution in [3.63, 3.8) is 0 Å². The Kier molecular flexibility index (Phi) is 4.15. The molecule has 1 aromatic carbocycles. The summed E-state index contributed by atoms with van der Waals surface area (Å²) in [6.45, 7) is 1.26. The number of methoxy groups -OCH3 is 1. The van der Waals surface area contributed by atoms with Gasteiger partial charge < -0.3 is 10.1 Å². The fraction of sp³-hybridized carbons (Fsp3) is 0.500. The Hall–Kier alpha value is -1.35. The average molecular weight is 233 g/mol. The Morgan fingerprint density at radius 1 is 1.29 bits per heavy atom. The van der Waals surface area contributed by atoms with E-state index in [4.69, 9.17) is 4.74 Å². The lowest BCUT2D eigenvalue weighted by atomic mass is 9.85. The maximum absolute atomic E-state index is 11.6. The first kappa shape index (κ1) is 12.1. The van der Waals surface area contributed by atoms with Crippen molar-refractivity contribution >= 4 is 5.91 Å². The molecule has 2 rings (SSSR count). The number of hydrogen-bond donors (Lipinski definition) is 1. The van der Waals surface area contributed by atoms with Crippen molar-refractivity contribution in [1.29, 1.82) is 0 Å². The number of carbonyl (C=O) groups excluding carboxylic acids is 1. The van der Waals surface area contributed by atoms with Crippen LogP contribution in [0.5, 0.6) is 0 Å². The van der Waals surface area contributed by atoms with Crippen LogP contribution in [0.4, 0.5) is 0 Å². The molecule has 1 aliphatic rings. The summed E-state index contributed by atoms with van der Waals surface area (Å²) in [5.74, 6) is 0.472. The van der Waals surface area contributed by atoms with Crippen molar-refractivity contribution in [2.24, 2.45) is 5.92 Å². The molecule has 3 heteroatoms. The predicted octanol–water partition coefficient (Wildman–Crippen LogP) is 2.25. The smallest absolute Gasteiger partial charge is 0.223 e. The van der Waals surface area contributed by atoms with Crippen molar-refractivity contribution in [3.05, 3.63) is 35.4 Å². The average Bonchev–Trinajstić information content (AvgIpc) is 2.26. The topological polar surface area (TPSA) is 38.3 Å². The molecule has 0 aliphatic heterocycles. The fourth-order valence-corrected chi connectivity index (χ4v) is 1.92. The van der Waals surface area contributed by atoms with E-state index in [1.54, 1.807) is 7.11 Å². The van der Waals surface area contributed by atoms with Gasteiger partial charge in [0.1, 0.15) is 0 Å². The van der Waals surface area contributed by atoms with Gasteiger partial charge in [-0.05, 0) is 24.0 Å². The predicted molar refractivity (Wildman–Crippen MR) is 66.3 cm³/mol. The van der Waals surface area contributed by atoms with E-state index >= 15 is 0 Å². The van der Waals surface area contributed by atoms with E-state index in [2.05, 4.69) is 5.32 Å². The maximum Gasteiger partial charge on any atom is 0.223 e. The molecule has 1 N–H and O–H groups in total. The lowest BCUT2D eigenvalue weighted by Crippen LogP contribution is -2.33. The zero-order valence-electron chi connectivity index (χ0n) is 10.2. The van der Waals surface area contributed by atoms with Crippen LogP contribution >= 0.6 is 0 Å². The molecule has 17 heavy (non-hydrogen) atoms. The first-order valence-corrected chi connectivity index (χ1v) is 6.14. The van der Waals surface area contributed by atoms with E-state index in [0.717, 1.165) is 24.0 Å². The van der Waals surface area contributed by atoms with Gasteiger partial charge in [-0.25, -0.2) is 0 Å². The molecule has 92 valence electrons. The minimum atomic E-state index is 0.206. The summed E-state index contributed by atoms with van der Waals surface area (Å²) in [6, 6.07) is 8.15. The molecular weight excluding hydrogens is 214 g/mol. The van der Waals surface area contributed by atoms with E-state index in [-0.39, 0.29) is 11.8 Å². The first-order valence-electron chi connectivity index (χ1n) is 6.14. The maximum atomic E-state index is 11.6. The van der Waals surface area contributed by atoms with Crippen LogP contribution in [0.25, 0.3) is 0 Å². The number of ether oxygens (including phenoxy) is 1. The number of hydrogen-bond acceptors (Lipinski definition) is 2. The van der Waals surface area contributed by atoms with Gasteiger partial charge in [-0.1, -0.05) is 30.7 Å². The third-order valence-corrected chi connectivity index (χ3v) is 3.28. The Labute approximate surface area is 102 Å². The van der Waals surface area contributed by atoms with Gasteiger partial charge >= 0.3 is 0 Å². The van der Waals surface area contributed by atoms with E-state index in [0.29, 0.717) is 13.2 Å². The normalized spacial score (nSPS) is 15.4. The van der Waals surface area contributed by atoms with Gasteiger partial charge in [0, 0.05) is 19.6 Å². The highest BCUT2D eigenvalue weighted by Crippen LogP contribution is 2.26. The Morgan fingerprint density at radius 3 is 2.47 bits per heavy atom. The Bertz CT molecular complexity index is 368. The molecule has 0 aromatic heterocycles. The third kappa shape index (κ3) is 3.30. The van der Waals surface area contributed by atoms with Crippen LogP contribution in [0.1, 0.15) is 30.4 Å². The van der Waals surface area contributed by atoms with Crippen LogP contribution in [0.2, 0.25) is 0 Å². The van der Waals surface area contributed by atoms with E-state index in [1.807, 2.05) is 24.3 Å². The quantitative estimate of drug-likeness (QED) is 0.847. The monoisotopic (exact) mass is 233 g/mol. The van der Waals surface area contributed by atoms with Gasteiger partial charge in [0.05, 0.1) is 6.61 Å². The van der Waals surface area contributed by atoms with E-state index < -0.39 is 0 Å². The fourth-order valence-electron chi connectivity index (χ4n) is 1.92. The molecule has 0 radical (unpaired) electrons. The van der Waals surface area contributed by atoms with Crippen LogP contribution in [0.15, 0.2) is 24.3 Å². The van der Waals surface area contributed by atoms with Gasteiger partial charge in [-0.3, -0.25) is 4.79 Å². The summed E-state index contributed by atoms with van der Waals surface area (Å²) < 4.78 is 5.05. The van der Waals surface area contributed by atoms with Gasteiger partial charge in [0.25, 0.3) is 0 Å². The molecule has 1 saturated carbocycles. The van der Waals surface area contributed by atoms with Crippen molar-refractivity contribution in [1.82, 2.24) is 5.32 Å². The SMILES string of the molecule is COCc1ccc(CNC(=O)C2CCC2)cc1. The van der Waals surface area contributed by atoms with Crippen LogP contribution < -0.4 is 5.32 Å². The van der Waals surface area contributed by atoms with Gasteiger partial charge in [0.15, 0.2) is 0 Å². The summed E-state index contributed by atoms with van der Waals surface area (Å²) in [7, 11) is 1.69. The lowest BCUT2D eigenvalue weighted by molar-refractivity contribution is -0.127. The van der Waals surface area contributed by atoms with Crippen LogP contribution in [-0.2, 0) is 22.7 Å². The summed E-state index contributed by atoms with van der Waals surface area (Å²) in [5, 5.41) is 2.98. The molecule has 0 atom stereocenters. The van der Waals surface area contributed by atoms with Crippen LogP contribution in [0, 0.1) is 5.92 Å². The molecule has 0 heterocycles. The molecule has 1 amide bonds. The van der Waals surface area contributed by atoms with Crippen molar-refractivity contribution in [2.45, 2.75) is 32.4 Å². The molecule has 0 bridgehead atoms.